The molecule has 0 aliphatic carbocycles. The van der Waals surface area contributed by atoms with Gasteiger partial charge < -0.3 is 9.84 Å². The molecule has 0 saturated heterocycles. The smallest absolute Gasteiger partial charge is 0.344 e. The van der Waals surface area contributed by atoms with Crippen LogP contribution in [0.5, 0.6) is 5.75 Å². The lowest BCUT2D eigenvalue weighted by molar-refractivity contribution is -0.145. The summed E-state index contributed by atoms with van der Waals surface area (Å²) in [6.07, 6.45) is 1.13. The molecule has 0 bridgehead atoms. The van der Waals surface area contributed by atoms with Crippen molar-refractivity contribution in [3.05, 3.63) is 28.8 Å². The van der Waals surface area contributed by atoms with Gasteiger partial charge in [-0.05, 0) is 43.5 Å². The zero-order valence-corrected chi connectivity index (χ0v) is 10.9. The molecule has 0 radical (unpaired) electrons. The van der Waals surface area contributed by atoms with Gasteiger partial charge in [0.05, 0.1) is 0 Å². The Morgan fingerprint density at radius 1 is 1.39 bits per heavy atom. The monoisotopic (exact) mass is 250 g/mol. The third kappa shape index (κ3) is 3.32. The fourth-order valence-corrected chi connectivity index (χ4v) is 1.87. The lowest BCUT2D eigenvalue weighted by Crippen LogP contribution is -2.27. The van der Waals surface area contributed by atoms with Gasteiger partial charge in [-0.15, -0.1) is 0 Å². The molecule has 4 heteroatoms. The lowest BCUT2D eigenvalue weighted by atomic mass is 10.1. The van der Waals surface area contributed by atoms with Crippen LogP contribution < -0.4 is 4.74 Å². The van der Waals surface area contributed by atoms with E-state index in [0.717, 1.165) is 23.8 Å². The van der Waals surface area contributed by atoms with Gasteiger partial charge in [0.25, 0.3) is 0 Å². The summed E-state index contributed by atoms with van der Waals surface area (Å²) in [6, 6.07) is 3.39. The van der Waals surface area contributed by atoms with Crippen LogP contribution in [0.15, 0.2) is 12.1 Å². The van der Waals surface area contributed by atoms with E-state index in [1.807, 2.05) is 6.92 Å². The third-order valence-corrected chi connectivity index (χ3v) is 2.71. The van der Waals surface area contributed by atoms with Crippen LogP contribution in [0.4, 0.5) is 0 Å². The summed E-state index contributed by atoms with van der Waals surface area (Å²) in [6.45, 7) is 5.52. The highest BCUT2D eigenvalue weighted by Gasteiger charge is 2.20. The first-order chi connectivity index (χ1) is 8.49. The Bertz CT molecular complexity index is 428. The van der Waals surface area contributed by atoms with Crippen molar-refractivity contribution in [1.29, 1.82) is 0 Å². The molecule has 0 amide bonds. The van der Waals surface area contributed by atoms with E-state index in [-0.39, 0.29) is 0 Å². The standard InChI is InChI=1S/C14H18O4/c1-4-5-12(14(16)17)18-13-9(2)6-11(8-15)7-10(13)3/h6-8,12H,4-5H2,1-3H3,(H,16,17). The Labute approximate surface area is 107 Å². The Morgan fingerprint density at radius 2 is 1.94 bits per heavy atom. The molecule has 0 saturated carbocycles. The second kappa shape index (κ2) is 6.19. The minimum absolute atomic E-state index is 0.462. The van der Waals surface area contributed by atoms with Crippen molar-refractivity contribution in [3.8, 4) is 5.75 Å². The van der Waals surface area contributed by atoms with Crippen LogP contribution in [0.25, 0.3) is 0 Å². The number of carbonyl (C=O) groups is 2. The molecular formula is C14H18O4. The summed E-state index contributed by atoms with van der Waals surface area (Å²) in [5.74, 6) is -0.406. The van der Waals surface area contributed by atoms with Crippen LogP contribution in [0, 0.1) is 13.8 Å². The van der Waals surface area contributed by atoms with E-state index < -0.39 is 12.1 Å². The number of ether oxygens (including phenoxy) is 1. The normalized spacial score (nSPS) is 11.9. The number of rotatable bonds is 6. The van der Waals surface area contributed by atoms with Gasteiger partial charge in [-0.1, -0.05) is 13.3 Å². The zero-order valence-electron chi connectivity index (χ0n) is 10.9. The summed E-state index contributed by atoms with van der Waals surface area (Å²) in [7, 11) is 0. The van der Waals surface area contributed by atoms with Gasteiger partial charge in [0.2, 0.25) is 0 Å². The highest BCUT2D eigenvalue weighted by molar-refractivity contribution is 5.77. The molecule has 0 aliphatic rings. The number of aldehydes is 1. The average molecular weight is 250 g/mol. The highest BCUT2D eigenvalue weighted by atomic mass is 16.5. The lowest BCUT2D eigenvalue weighted by Gasteiger charge is -2.18. The summed E-state index contributed by atoms with van der Waals surface area (Å²) in [4.78, 5) is 21.8. The molecule has 18 heavy (non-hydrogen) atoms. The van der Waals surface area contributed by atoms with E-state index in [0.29, 0.717) is 17.7 Å². The molecule has 1 aromatic carbocycles. The first-order valence-corrected chi connectivity index (χ1v) is 5.95. The third-order valence-electron chi connectivity index (χ3n) is 2.71. The Hall–Kier alpha value is -1.84. The molecule has 0 spiro atoms. The van der Waals surface area contributed by atoms with Crippen LogP contribution in [-0.2, 0) is 4.79 Å². The Balaban J connectivity index is 3.02. The maximum absolute atomic E-state index is 11.1. The molecule has 0 aromatic heterocycles. The van der Waals surface area contributed by atoms with Crippen molar-refractivity contribution < 1.29 is 19.4 Å². The molecule has 0 aliphatic heterocycles. The molecule has 1 rings (SSSR count). The van der Waals surface area contributed by atoms with Gasteiger partial charge >= 0.3 is 5.97 Å². The number of aliphatic carboxylic acids is 1. The fourth-order valence-electron chi connectivity index (χ4n) is 1.87. The number of carboxylic acid groups (broad SMARTS) is 1. The van der Waals surface area contributed by atoms with Crippen LogP contribution in [-0.4, -0.2) is 23.5 Å². The molecule has 1 aromatic rings. The van der Waals surface area contributed by atoms with Gasteiger partial charge in [0.15, 0.2) is 6.10 Å². The first kappa shape index (κ1) is 14.2. The van der Waals surface area contributed by atoms with Crippen LogP contribution >= 0.6 is 0 Å². The predicted octanol–water partition coefficient (Wildman–Crippen LogP) is 2.75. The van der Waals surface area contributed by atoms with Crippen molar-refractivity contribution in [1.82, 2.24) is 0 Å². The highest BCUT2D eigenvalue weighted by Crippen LogP contribution is 2.26. The molecule has 0 fully saturated rings. The zero-order chi connectivity index (χ0) is 13.7. The largest absolute Gasteiger partial charge is 0.479 e. The van der Waals surface area contributed by atoms with Crippen LogP contribution in [0.3, 0.4) is 0 Å². The Morgan fingerprint density at radius 3 is 2.33 bits per heavy atom. The SMILES string of the molecule is CCCC(Oc1c(C)cc(C=O)cc1C)C(=O)O. The summed E-state index contributed by atoms with van der Waals surface area (Å²) in [5.41, 5.74) is 2.12. The summed E-state index contributed by atoms with van der Waals surface area (Å²) in [5, 5.41) is 9.07. The molecular weight excluding hydrogens is 232 g/mol. The van der Waals surface area contributed by atoms with E-state index in [9.17, 15) is 9.59 Å². The van der Waals surface area contributed by atoms with E-state index in [1.165, 1.54) is 0 Å². The minimum Gasteiger partial charge on any atom is -0.479 e. The van der Waals surface area contributed by atoms with Crippen molar-refractivity contribution in [2.75, 3.05) is 0 Å². The average Bonchev–Trinajstić information content (AvgIpc) is 2.31. The molecule has 1 atom stereocenters. The second-order valence-corrected chi connectivity index (χ2v) is 4.34. The topological polar surface area (TPSA) is 63.6 Å². The number of aryl methyl sites for hydroxylation is 2. The van der Waals surface area contributed by atoms with Crippen molar-refractivity contribution >= 4 is 12.3 Å². The molecule has 4 nitrogen and oxygen atoms in total. The molecule has 98 valence electrons. The maximum atomic E-state index is 11.1. The number of carboxylic acids is 1. The van der Waals surface area contributed by atoms with Gasteiger partial charge in [-0.3, -0.25) is 4.79 Å². The van der Waals surface area contributed by atoms with Crippen molar-refractivity contribution in [2.45, 2.75) is 39.7 Å². The molecule has 1 unspecified atom stereocenters. The van der Waals surface area contributed by atoms with Gasteiger partial charge in [-0.2, -0.15) is 0 Å². The van der Waals surface area contributed by atoms with Gasteiger partial charge in [0, 0.05) is 5.56 Å². The summed E-state index contributed by atoms with van der Waals surface area (Å²) >= 11 is 0. The minimum atomic E-state index is -0.963. The van der Waals surface area contributed by atoms with E-state index in [1.54, 1.807) is 26.0 Å². The van der Waals surface area contributed by atoms with E-state index >= 15 is 0 Å². The molecule has 0 heterocycles. The number of carbonyl (C=O) groups excluding carboxylic acids is 1. The Kier molecular flexibility index (Phi) is 4.89. The van der Waals surface area contributed by atoms with Gasteiger partial charge in [0.1, 0.15) is 12.0 Å². The van der Waals surface area contributed by atoms with Gasteiger partial charge in [-0.25, -0.2) is 4.79 Å². The number of benzene rings is 1. The van der Waals surface area contributed by atoms with Crippen LogP contribution in [0.1, 0.15) is 41.3 Å². The van der Waals surface area contributed by atoms with E-state index in [2.05, 4.69) is 0 Å². The number of hydrogen-bond donors (Lipinski definition) is 1. The fraction of sp³-hybridized carbons (Fsp3) is 0.429. The quantitative estimate of drug-likeness (QED) is 0.788. The van der Waals surface area contributed by atoms with Crippen molar-refractivity contribution in [3.63, 3.8) is 0 Å². The first-order valence-electron chi connectivity index (χ1n) is 5.95. The van der Waals surface area contributed by atoms with Crippen molar-refractivity contribution in [2.24, 2.45) is 0 Å². The van der Waals surface area contributed by atoms with E-state index in [4.69, 9.17) is 9.84 Å². The molecule has 1 N–H and O–H groups in total. The summed E-state index contributed by atoms with van der Waals surface area (Å²) < 4.78 is 5.56. The maximum Gasteiger partial charge on any atom is 0.344 e. The number of hydrogen-bond acceptors (Lipinski definition) is 3. The second-order valence-electron chi connectivity index (χ2n) is 4.34. The van der Waals surface area contributed by atoms with Crippen LogP contribution in [0.2, 0.25) is 0 Å². The predicted molar refractivity (Wildman–Crippen MR) is 68.3 cm³/mol.